The Bertz CT molecular complexity index is 120. The molecule has 1 aliphatic heterocycles. The van der Waals surface area contributed by atoms with Gasteiger partial charge in [0.05, 0.1) is 6.54 Å². The third kappa shape index (κ3) is 1.13. The van der Waals surface area contributed by atoms with Crippen molar-refractivity contribution in [2.75, 3.05) is 19.6 Å². The van der Waals surface area contributed by atoms with Gasteiger partial charge in [0, 0.05) is 13.1 Å². The minimum atomic E-state index is 0.817. The first kappa shape index (κ1) is 6.35. The first-order valence-corrected chi connectivity index (χ1v) is 3.14. The largest absolute Gasteiger partial charge is 0.340 e. The molecule has 0 saturated heterocycles. The molecular formula is C5H12N4. The average molecular weight is 128 g/mol. The van der Waals surface area contributed by atoms with Crippen molar-refractivity contribution in [2.24, 2.45) is 10.8 Å². The second-order valence-electron chi connectivity index (χ2n) is 1.93. The normalized spacial score (nSPS) is 18.0. The molecule has 4 heteroatoms. The Hall–Kier alpha value is -0.770. The molecule has 0 spiro atoms. The van der Waals surface area contributed by atoms with E-state index in [-0.39, 0.29) is 0 Å². The highest BCUT2D eigenvalue weighted by atomic mass is 15.4. The molecule has 1 aliphatic rings. The molecule has 0 atom stereocenters. The van der Waals surface area contributed by atoms with Gasteiger partial charge in [0.15, 0.2) is 0 Å². The number of likely N-dealkylation sites (N-methyl/N-ethyl adjacent to an activating group) is 1. The van der Waals surface area contributed by atoms with Gasteiger partial charge in [0.1, 0.15) is 0 Å². The van der Waals surface area contributed by atoms with Crippen molar-refractivity contribution < 1.29 is 0 Å². The number of hydrogen-bond donors (Lipinski definition) is 2. The van der Waals surface area contributed by atoms with Crippen LogP contribution in [0.25, 0.3) is 0 Å². The summed E-state index contributed by atoms with van der Waals surface area (Å²) >= 11 is 0. The molecule has 0 amide bonds. The molecule has 3 N–H and O–H groups in total. The van der Waals surface area contributed by atoms with Crippen LogP contribution in [0, 0.1) is 0 Å². The number of rotatable bonds is 1. The molecule has 0 unspecified atom stereocenters. The van der Waals surface area contributed by atoms with Crippen LogP contribution in [0.2, 0.25) is 0 Å². The van der Waals surface area contributed by atoms with Gasteiger partial charge in [-0.2, -0.15) is 0 Å². The first-order chi connectivity index (χ1) is 4.38. The highest BCUT2D eigenvalue weighted by molar-refractivity contribution is 5.80. The van der Waals surface area contributed by atoms with Crippen LogP contribution in [0.1, 0.15) is 6.92 Å². The van der Waals surface area contributed by atoms with Crippen molar-refractivity contribution in [3.05, 3.63) is 0 Å². The van der Waals surface area contributed by atoms with Gasteiger partial charge < -0.3 is 4.90 Å². The summed E-state index contributed by atoms with van der Waals surface area (Å²) in [5.74, 6) is 5.99. The summed E-state index contributed by atoms with van der Waals surface area (Å²) in [6, 6.07) is 0. The third-order valence-electron chi connectivity index (χ3n) is 1.44. The Kier molecular flexibility index (Phi) is 1.89. The number of hydrogen-bond acceptors (Lipinski definition) is 4. The van der Waals surface area contributed by atoms with Crippen LogP contribution >= 0.6 is 0 Å². The number of nitrogens with one attached hydrogen (secondary N) is 1. The van der Waals surface area contributed by atoms with Crippen LogP contribution in [0.15, 0.2) is 4.99 Å². The van der Waals surface area contributed by atoms with E-state index in [0.717, 1.165) is 25.6 Å². The van der Waals surface area contributed by atoms with Crippen molar-refractivity contribution >= 4 is 5.96 Å². The van der Waals surface area contributed by atoms with Crippen molar-refractivity contribution in [1.82, 2.24) is 10.3 Å². The molecule has 4 nitrogen and oxygen atoms in total. The maximum atomic E-state index is 5.18. The monoisotopic (exact) mass is 128 g/mol. The molecule has 0 aromatic heterocycles. The van der Waals surface area contributed by atoms with Gasteiger partial charge >= 0.3 is 0 Å². The molecule has 0 fully saturated rings. The van der Waals surface area contributed by atoms with Gasteiger partial charge in [-0.15, -0.1) is 0 Å². The minimum absolute atomic E-state index is 0.817. The predicted octanol–water partition coefficient (Wildman–Crippen LogP) is -0.859. The minimum Gasteiger partial charge on any atom is -0.340 e. The summed E-state index contributed by atoms with van der Waals surface area (Å²) in [5.41, 5.74) is 2.54. The smallest absolute Gasteiger partial charge is 0.208 e. The van der Waals surface area contributed by atoms with E-state index in [2.05, 4.69) is 22.2 Å². The van der Waals surface area contributed by atoms with Gasteiger partial charge in [-0.05, 0) is 6.92 Å². The van der Waals surface area contributed by atoms with E-state index in [9.17, 15) is 0 Å². The quantitative estimate of drug-likeness (QED) is 0.357. The number of nitrogens with two attached hydrogens (primary N) is 1. The Labute approximate surface area is 54.7 Å². The van der Waals surface area contributed by atoms with Crippen LogP contribution in [-0.4, -0.2) is 30.5 Å². The Morgan fingerprint density at radius 1 is 1.89 bits per heavy atom. The molecule has 9 heavy (non-hydrogen) atoms. The fraction of sp³-hybridized carbons (Fsp3) is 0.800. The SMILES string of the molecule is CCN1CCN=C1NN. The van der Waals surface area contributed by atoms with Gasteiger partial charge in [0.25, 0.3) is 0 Å². The summed E-state index contributed by atoms with van der Waals surface area (Å²) < 4.78 is 0. The predicted molar refractivity (Wildman–Crippen MR) is 36.9 cm³/mol. The summed E-state index contributed by atoms with van der Waals surface area (Å²) in [4.78, 5) is 6.21. The number of nitrogens with zero attached hydrogens (tertiary/aromatic N) is 2. The topological polar surface area (TPSA) is 53.6 Å². The van der Waals surface area contributed by atoms with E-state index in [1.165, 1.54) is 0 Å². The second kappa shape index (κ2) is 2.68. The van der Waals surface area contributed by atoms with Crippen LogP contribution in [0.3, 0.4) is 0 Å². The molecule has 1 rings (SSSR count). The first-order valence-electron chi connectivity index (χ1n) is 3.14. The van der Waals surface area contributed by atoms with Gasteiger partial charge in [-0.25, -0.2) is 5.84 Å². The lowest BCUT2D eigenvalue weighted by Crippen LogP contribution is -2.41. The molecule has 0 bridgehead atoms. The number of guanidine groups is 1. The molecule has 0 aliphatic carbocycles. The van der Waals surface area contributed by atoms with E-state index in [1.54, 1.807) is 0 Å². The summed E-state index contributed by atoms with van der Waals surface area (Å²) in [5, 5.41) is 0. The van der Waals surface area contributed by atoms with Crippen LogP contribution in [0.4, 0.5) is 0 Å². The van der Waals surface area contributed by atoms with E-state index >= 15 is 0 Å². The maximum absolute atomic E-state index is 5.18. The van der Waals surface area contributed by atoms with E-state index in [1.807, 2.05) is 0 Å². The van der Waals surface area contributed by atoms with Crippen molar-refractivity contribution in [1.29, 1.82) is 0 Å². The lowest BCUT2D eigenvalue weighted by molar-refractivity contribution is 0.468. The molecule has 0 saturated carbocycles. The standard InChI is InChI=1S/C5H12N4/c1-2-9-4-3-7-5(9)8-6/h2-4,6H2,1H3,(H,7,8). The Balaban J connectivity index is 2.47. The fourth-order valence-corrected chi connectivity index (χ4v) is 0.927. The third-order valence-corrected chi connectivity index (χ3v) is 1.44. The lowest BCUT2D eigenvalue weighted by Gasteiger charge is -2.15. The second-order valence-corrected chi connectivity index (χ2v) is 1.93. The van der Waals surface area contributed by atoms with E-state index in [0.29, 0.717) is 0 Å². The van der Waals surface area contributed by atoms with Crippen molar-refractivity contribution in [3.8, 4) is 0 Å². The summed E-state index contributed by atoms with van der Waals surface area (Å²) in [6.45, 7) is 4.92. The molecular weight excluding hydrogens is 116 g/mol. The number of hydrazine groups is 1. The van der Waals surface area contributed by atoms with Gasteiger partial charge in [0.2, 0.25) is 5.96 Å². The lowest BCUT2D eigenvalue weighted by atomic mass is 10.5. The van der Waals surface area contributed by atoms with Crippen LogP contribution in [-0.2, 0) is 0 Å². The zero-order valence-electron chi connectivity index (χ0n) is 5.59. The zero-order valence-corrected chi connectivity index (χ0v) is 5.59. The summed E-state index contributed by atoms with van der Waals surface area (Å²) in [7, 11) is 0. The maximum Gasteiger partial charge on any atom is 0.208 e. The molecule has 52 valence electrons. The molecule has 0 aromatic rings. The zero-order chi connectivity index (χ0) is 6.69. The molecule has 0 aromatic carbocycles. The summed E-state index contributed by atoms with van der Waals surface area (Å²) in [6.07, 6.45) is 0. The van der Waals surface area contributed by atoms with E-state index in [4.69, 9.17) is 5.84 Å². The Morgan fingerprint density at radius 3 is 3.11 bits per heavy atom. The highest BCUT2D eigenvalue weighted by Crippen LogP contribution is 1.96. The van der Waals surface area contributed by atoms with Gasteiger partial charge in [-0.3, -0.25) is 10.4 Å². The number of aliphatic imine (C=N–C) groups is 1. The van der Waals surface area contributed by atoms with Crippen molar-refractivity contribution in [2.45, 2.75) is 6.92 Å². The van der Waals surface area contributed by atoms with Crippen LogP contribution in [0.5, 0.6) is 0 Å². The molecule has 0 radical (unpaired) electrons. The Morgan fingerprint density at radius 2 is 2.67 bits per heavy atom. The van der Waals surface area contributed by atoms with Crippen LogP contribution < -0.4 is 11.3 Å². The highest BCUT2D eigenvalue weighted by Gasteiger charge is 2.11. The molecule has 1 heterocycles. The van der Waals surface area contributed by atoms with E-state index < -0.39 is 0 Å². The average Bonchev–Trinajstić information content (AvgIpc) is 2.33. The van der Waals surface area contributed by atoms with Crippen molar-refractivity contribution in [3.63, 3.8) is 0 Å². The van der Waals surface area contributed by atoms with Gasteiger partial charge in [-0.1, -0.05) is 0 Å². The fourth-order valence-electron chi connectivity index (χ4n) is 0.927.